The van der Waals surface area contributed by atoms with Gasteiger partial charge in [-0.05, 0) is 30.4 Å². The maximum atomic E-state index is 13.0. The summed E-state index contributed by atoms with van der Waals surface area (Å²) >= 11 is 7.36. The van der Waals surface area contributed by atoms with Crippen molar-refractivity contribution in [2.45, 2.75) is 29.4 Å². The fraction of sp³-hybridized carbons (Fsp3) is 0.500. The molecule has 2 aliphatic carbocycles. The standard InChI is InChI=1S/C18H17Br2NO4/c1-2-12(22)25-9-5-3-4-8(6-9)21-17(23)13-10-7-11(14(13)18(21)24)16(20)15(10)19/h3-6,10-11,13-16H,2,7H2,1H3/t10-,11-,13-,14-,15-,16+/m1/s1. The minimum absolute atomic E-state index is 0.134. The zero-order valence-corrected chi connectivity index (χ0v) is 16.7. The van der Waals surface area contributed by atoms with Crippen LogP contribution in [0.5, 0.6) is 5.75 Å². The van der Waals surface area contributed by atoms with Crippen LogP contribution in [0.3, 0.4) is 0 Å². The van der Waals surface area contributed by atoms with Crippen molar-refractivity contribution in [3.05, 3.63) is 24.3 Å². The molecule has 4 rings (SSSR count). The van der Waals surface area contributed by atoms with Crippen LogP contribution in [-0.4, -0.2) is 27.4 Å². The number of carbonyl (C=O) groups excluding carboxylic acids is 3. The number of anilines is 1. The van der Waals surface area contributed by atoms with Crippen LogP contribution in [0.4, 0.5) is 5.69 Å². The Morgan fingerprint density at radius 2 is 1.76 bits per heavy atom. The molecular formula is C18H17Br2NO4. The fourth-order valence-corrected chi connectivity index (χ4v) is 6.37. The number of esters is 1. The maximum absolute atomic E-state index is 13.0. The zero-order chi connectivity index (χ0) is 17.9. The van der Waals surface area contributed by atoms with Gasteiger partial charge in [0, 0.05) is 22.1 Å². The number of amides is 2. The lowest BCUT2D eigenvalue weighted by Crippen LogP contribution is -2.37. The predicted octanol–water partition coefficient (Wildman–Crippen LogP) is 3.28. The first-order valence-electron chi connectivity index (χ1n) is 8.40. The van der Waals surface area contributed by atoms with Crippen LogP contribution in [0, 0.1) is 23.7 Å². The van der Waals surface area contributed by atoms with Gasteiger partial charge in [-0.15, -0.1) is 0 Å². The van der Waals surface area contributed by atoms with Gasteiger partial charge in [0.05, 0.1) is 17.5 Å². The number of carbonyl (C=O) groups is 3. The quantitative estimate of drug-likeness (QED) is 0.294. The number of benzene rings is 1. The number of hydrogen-bond donors (Lipinski definition) is 0. The van der Waals surface area contributed by atoms with E-state index in [4.69, 9.17) is 4.74 Å². The van der Waals surface area contributed by atoms with Gasteiger partial charge in [0.25, 0.3) is 0 Å². The van der Waals surface area contributed by atoms with Crippen molar-refractivity contribution in [3.8, 4) is 5.75 Å². The van der Waals surface area contributed by atoms with Crippen LogP contribution in [0.25, 0.3) is 0 Å². The van der Waals surface area contributed by atoms with Crippen molar-refractivity contribution in [1.29, 1.82) is 0 Å². The van der Waals surface area contributed by atoms with Gasteiger partial charge in [-0.1, -0.05) is 44.8 Å². The smallest absolute Gasteiger partial charge is 0.310 e. The third-order valence-corrected chi connectivity index (χ3v) is 8.79. The zero-order valence-electron chi connectivity index (χ0n) is 13.5. The number of halogens is 2. The van der Waals surface area contributed by atoms with E-state index in [2.05, 4.69) is 31.9 Å². The van der Waals surface area contributed by atoms with Crippen molar-refractivity contribution in [3.63, 3.8) is 0 Å². The van der Waals surface area contributed by atoms with Gasteiger partial charge < -0.3 is 4.74 Å². The number of hydrogen-bond acceptors (Lipinski definition) is 4. The molecule has 7 heteroatoms. The van der Waals surface area contributed by atoms with E-state index >= 15 is 0 Å². The third kappa shape index (κ3) is 2.50. The molecule has 0 spiro atoms. The Kier molecular flexibility index (Phi) is 4.27. The van der Waals surface area contributed by atoms with Crippen LogP contribution in [-0.2, 0) is 14.4 Å². The van der Waals surface area contributed by atoms with E-state index in [1.54, 1.807) is 31.2 Å². The van der Waals surface area contributed by atoms with E-state index in [0.717, 1.165) is 6.42 Å². The van der Waals surface area contributed by atoms with Gasteiger partial charge in [-0.2, -0.15) is 0 Å². The second-order valence-electron chi connectivity index (χ2n) is 6.84. The molecule has 0 aromatic heterocycles. The summed E-state index contributed by atoms with van der Waals surface area (Å²) in [7, 11) is 0. The number of nitrogens with zero attached hydrogens (tertiary/aromatic N) is 1. The molecule has 3 aliphatic rings. The Hall–Kier alpha value is -1.21. The lowest BCUT2D eigenvalue weighted by Gasteiger charge is -2.28. The van der Waals surface area contributed by atoms with E-state index in [0.29, 0.717) is 11.4 Å². The summed E-state index contributed by atoms with van der Waals surface area (Å²) in [6.07, 6.45) is 1.17. The van der Waals surface area contributed by atoms with Gasteiger partial charge in [0.2, 0.25) is 11.8 Å². The Balaban J connectivity index is 1.65. The second kappa shape index (κ2) is 6.20. The van der Waals surface area contributed by atoms with E-state index in [1.807, 2.05) is 0 Å². The third-order valence-electron chi connectivity index (χ3n) is 5.58. The number of imide groups is 1. The van der Waals surface area contributed by atoms with Gasteiger partial charge in [0.1, 0.15) is 5.75 Å². The molecule has 1 aromatic rings. The van der Waals surface area contributed by atoms with E-state index in [1.165, 1.54) is 4.90 Å². The Labute approximate surface area is 162 Å². The lowest BCUT2D eigenvalue weighted by atomic mass is 9.81. The average Bonchev–Trinajstić information content (AvgIpc) is 3.20. The number of rotatable bonds is 3. The summed E-state index contributed by atoms with van der Waals surface area (Å²) in [6.45, 7) is 1.71. The summed E-state index contributed by atoms with van der Waals surface area (Å²) in [6, 6.07) is 6.63. The monoisotopic (exact) mass is 469 g/mol. The van der Waals surface area contributed by atoms with Crippen LogP contribution in [0.15, 0.2) is 24.3 Å². The highest BCUT2D eigenvalue weighted by molar-refractivity contribution is 9.12. The molecule has 5 nitrogen and oxygen atoms in total. The molecule has 6 atom stereocenters. The molecule has 2 amide bonds. The summed E-state index contributed by atoms with van der Waals surface area (Å²) < 4.78 is 5.21. The first-order chi connectivity index (χ1) is 11.9. The second-order valence-corrected chi connectivity index (χ2v) is 8.96. The summed E-state index contributed by atoms with van der Waals surface area (Å²) in [5.41, 5.74) is 0.474. The minimum Gasteiger partial charge on any atom is -0.426 e. The van der Waals surface area contributed by atoms with Gasteiger partial charge in [-0.3, -0.25) is 14.4 Å². The van der Waals surface area contributed by atoms with Crippen LogP contribution < -0.4 is 9.64 Å². The molecule has 1 aromatic carbocycles. The largest absolute Gasteiger partial charge is 0.426 e. The molecule has 0 unspecified atom stereocenters. The van der Waals surface area contributed by atoms with E-state index < -0.39 is 0 Å². The highest BCUT2D eigenvalue weighted by Gasteiger charge is 2.66. The molecule has 0 N–H and O–H groups in total. The molecule has 2 saturated carbocycles. The van der Waals surface area contributed by atoms with Crippen LogP contribution in [0.2, 0.25) is 0 Å². The van der Waals surface area contributed by atoms with E-state index in [-0.39, 0.29) is 57.5 Å². The van der Waals surface area contributed by atoms with Crippen LogP contribution >= 0.6 is 31.9 Å². The van der Waals surface area contributed by atoms with Gasteiger partial charge in [0.15, 0.2) is 0 Å². The summed E-state index contributed by atoms with van der Waals surface area (Å²) in [5, 5.41) is 0. The first kappa shape index (κ1) is 17.2. The van der Waals surface area contributed by atoms with Crippen molar-refractivity contribution in [2.24, 2.45) is 23.7 Å². The molecule has 132 valence electrons. The summed E-state index contributed by atoms with van der Waals surface area (Å²) in [5.74, 6) is -0.411. The molecule has 3 fully saturated rings. The molecule has 1 heterocycles. The van der Waals surface area contributed by atoms with Gasteiger partial charge >= 0.3 is 5.97 Å². The molecule has 1 aliphatic heterocycles. The van der Waals surface area contributed by atoms with E-state index in [9.17, 15) is 14.4 Å². The lowest BCUT2D eigenvalue weighted by molar-refractivity contribution is -0.134. The molecule has 0 radical (unpaired) electrons. The van der Waals surface area contributed by atoms with Crippen molar-refractivity contribution >= 4 is 55.3 Å². The molecule has 1 saturated heterocycles. The fourth-order valence-electron chi connectivity index (χ4n) is 4.49. The predicted molar refractivity (Wildman–Crippen MR) is 98.9 cm³/mol. The SMILES string of the molecule is CCC(=O)Oc1cccc(N2C(=O)[C@@H]3[C@H]4C[C@@H]([C@@H](Br)[C@H]4Br)[C@H]3C2=O)c1. The molecular weight excluding hydrogens is 454 g/mol. The average molecular weight is 471 g/mol. The first-order valence-corrected chi connectivity index (χ1v) is 10.2. The number of alkyl halides is 2. The number of fused-ring (bicyclic) bond motifs is 5. The van der Waals surface area contributed by atoms with Crippen molar-refractivity contribution in [2.75, 3.05) is 4.90 Å². The molecule has 2 bridgehead atoms. The van der Waals surface area contributed by atoms with Crippen LogP contribution in [0.1, 0.15) is 19.8 Å². The Morgan fingerprint density at radius 1 is 1.16 bits per heavy atom. The van der Waals surface area contributed by atoms with Gasteiger partial charge in [-0.25, -0.2) is 4.90 Å². The minimum atomic E-state index is -0.351. The number of ether oxygens (including phenoxy) is 1. The van der Waals surface area contributed by atoms with Crippen molar-refractivity contribution in [1.82, 2.24) is 0 Å². The highest BCUT2D eigenvalue weighted by atomic mass is 79.9. The molecule has 25 heavy (non-hydrogen) atoms. The topological polar surface area (TPSA) is 63.7 Å². The normalized spacial score (nSPS) is 36.0. The van der Waals surface area contributed by atoms with Crippen molar-refractivity contribution < 1.29 is 19.1 Å². The Bertz CT molecular complexity index is 735. The highest BCUT2D eigenvalue weighted by Crippen LogP contribution is 2.60. The summed E-state index contributed by atoms with van der Waals surface area (Å²) in [4.78, 5) is 39.2. The maximum Gasteiger partial charge on any atom is 0.310 e. The Morgan fingerprint density at radius 3 is 2.32 bits per heavy atom.